The van der Waals surface area contributed by atoms with Crippen LogP contribution in [-0.4, -0.2) is 15.9 Å². The van der Waals surface area contributed by atoms with E-state index in [1.165, 1.54) is 12.1 Å². The molecule has 6 heteroatoms. The molecule has 1 aromatic carbocycles. The number of carbonyl (C=O) groups is 1. The molecule has 3 rings (SSSR count). The van der Waals surface area contributed by atoms with Gasteiger partial charge in [-0.15, -0.1) is 0 Å². The maximum Gasteiger partial charge on any atom is 0.234 e. The minimum Gasteiger partial charge on any atom is -0.338 e. The highest BCUT2D eigenvalue weighted by molar-refractivity contribution is 9.10. The highest BCUT2D eigenvalue weighted by atomic mass is 79.9. The molecule has 1 saturated carbocycles. The normalized spacial score (nSPS) is 15.5. The molecule has 0 amide bonds. The highest BCUT2D eigenvalue weighted by Gasteiger charge is 2.24. The molecule has 0 spiro atoms. The van der Waals surface area contributed by atoms with E-state index in [-0.39, 0.29) is 35.7 Å². The number of hydrogen-bond acceptors (Lipinski definition) is 4. The van der Waals surface area contributed by atoms with Gasteiger partial charge in [-0.25, -0.2) is 4.39 Å². The number of ketones is 1. The predicted octanol–water partition coefficient (Wildman–Crippen LogP) is 3.94. The lowest BCUT2D eigenvalue weighted by atomic mass is 10.0. The van der Waals surface area contributed by atoms with Gasteiger partial charge in [0.15, 0.2) is 0 Å². The molecule has 110 valence electrons. The van der Waals surface area contributed by atoms with Gasteiger partial charge in [0.2, 0.25) is 11.7 Å². The second-order valence-corrected chi connectivity index (χ2v) is 6.11. The summed E-state index contributed by atoms with van der Waals surface area (Å²) in [6.07, 6.45) is 4.29. The first kappa shape index (κ1) is 14.4. The van der Waals surface area contributed by atoms with Crippen molar-refractivity contribution in [3.63, 3.8) is 0 Å². The average molecular weight is 353 g/mol. The highest BCUT2D eigenvalue weighted by Crippen LogP contribution is 2.28. The van der Waals surface area contributed by atoms with Crippen LogP contribution in [0.2, 0.25) is 0 Å². The Morgan fingerprint density at radius 2 is 2.14 bits per heavy atom. The summed E-state index contributed by atoms with van der Waals surface area (Å²) >= 11 is 3.33. The number of benzene rings is 1. The van der Waals surface area contributed by atoms with Gasteiger partial charge in [0.1, 0.15) is 11.6 Å². The lowest BCUT2D eigenvalue weighted by molar-refractivity contribution is -0.122. The fourth-order valence-electron chi connectivity index (χ4n) is 2.65. The van der Waals surface area contributed by atoms with Crippen LogP contribution in [0.5, 0.6) is 0 Å². The van der Waals surface area contributed by atoms with Crippen LogP contribution in [0.4, 0.5) is 4.39 Å². The summed E-state index contributed by atoms with van der Waals surface area (Å²) in [6, 6.07) is 4.26. The first-order valence-corrected chi connectivity index (χ1v) is 7.73. The largest absolute Gasteiger partial charge is 0.338 e. The first-order valence-electron chi connectivity index (χ1n) is 6.94. The Balaban J connectivity index is 1.77. The number of carbonyl (C=O) groups excluding carboxylic acids is 1. The Labute approximate surface area is 129 Å². The molecule has 2 aromatic rings. The van der Waals surface area contributed by atoms with Crippen LogP contribution in [0.1, 0.15) is 31.6 Å². The minimum absolute atomic E-state index is 0.126. The summed E-state index contributed by atoms with van der Waals surface area (Å²) in [5.41, 5.74) is 0.512. The molecule has 0 radical (unpaired) electrons. The number of halogens is 2. The Morgan fingerprint density at radius 1 is 1.38 bits per heavy atom. The summed E-state index contributed by atoms with van der Waals surface area (Å²) < 4.78 is 19.1. The summed E-state index contributed by atoms with van der Waals surface area (Å²) in [4.78, 5) is 16.3. The molecule has 0 aliphatic heterocycles. The van der Waals surface area contributed by atoms with Gasteiger partial charge in [0.05, 0.1) is 6.42 Å². The van der Waals surface area contributed by atoms with Crippen LogP contribution in [0.25, 0.3) is 11.4 Å². The number of hydrogen-bond donors (Lipinski definition) is 0. The second kappa shape index (κ2) is 6.05. The van der Waals surface area contributed by atoms with E-state index in [4.69, 9.17) is 4.52 Å². The fraction of sp³-hybridized carbons (Fsp3) is 0.400. The summed E-state index contributed by atoms with van der Waals surface area (Å²) in [7, 11) is 0. The zero-order valence-corrected chi connectivity index (χ0v) is 12.9. The first-order chi connectivity index (χ1) is 10.1. The SMILES string of the molecule is O=C(Cc1nc(-c2cc(F)ccc2Br)no1)C1CCCC1. The van der Waals surface area contributed by atoms with Gasteiger partial charge in [-0.3, -0.25) is 4.79 Å². The van der Waals surface area contributed by atoms with Gasteiger partial charge in [0, 0.05) is 16.0 Å². The topological polar surface area (TPSA) is 56.0 Å². The van der Waals surface area contributed by atoms with E-state index in [0.29, 0.717) is 10.0 Å². The third-order valence-corrected chi connectivity index (χ3v) is 4.46. The van der Waals surface area contributed by atoms with Crippen LogP contribution in [-0.2, 0) is 11.2 Å². The number of Topliss-reactive ketones (excluding diaryl/α,β-unsaturated/α-hetero) is 1. The van der Waals surface area contributed by atoms with Crippen molar-refractivity contribution in [1.29, 1.82) is 0 Å². The fourth-order valence-corrected chi connectivity index (χ4v) is 3.07. The van der Waals surface area contributed by atoms with Crippen LogP contribution in [0.3, 0.4) is 0 Å². The van der Waals surface area contributed by atoms with Crippen molar-refractivity contribution in [1.82, 2.24) is 10.1 Å². The van der Waals surface area contributed by atoms with Crippen molar-refractivity contribution < 1.29 is 13.7 Å². The Bertz CT molecular complexity index is 665. The molecule has 0 atom stereocenters. The zero-order valence-electron chi connectivity index (χ0n) is 11.3. The predicted molar refractivity (Wildman–Crippen MR) is 78.1 cm³/mol. The molecule has 0 saturated heterocycles. The molecular formula is C15H14BrFN2O2. The summed E-state index contributed by atoms with van der Waals surface area (Å²) in [5, 5.41) is 3.83. The smallest absolute Gasteiger partial charge is 0.234 e. The van der Waals surface area contributed by atoms with Gasteiger partial charge < -0.3 is 4.52 Å². The van der Waals surface area contributed by atoms with Crippen molar-refractivity contribution in [3.8, 4) is 11.4 Å². The van der Waals surface area contributed by atoms with E-state index < -0.39 is 0 Å². The molecule has 1 aromatic heterocycles. The maximum absolute atomic E-state index is 13.3. The molecule has 1 aliphatic rings. The maximum atomic E-state index is 13.3. The van der Waals surface area contributed by atoms with E-state index in [1.54, 1.807) is 6.07 Å². The van der Waals surface area contributed by atoms with Crippen LogP contribution >= 0.6 is 15.9 Å². The third kappa shape index (κ3) is 3.20. The van der Waals surface area contributed by atoms with E-state index in [2.05, 4.69) is 26.1 Å². The molecule has 21 heavy (non-hydrogen) atoms. The molecule has 0 bridgehead atoms. The van der Waals surface area contributed by atoms with Crippen LogP contribution < -0.4 is 0 Å². The Morgan fingerprint density at radius 3 is 2.90 bits per heavy atom. The number of rotatable bonds is 4. The third-order valence-electron chi connectivity index (χ3n) is 3.77. The number of aromatic nitrogens is 2. The Hall–Kier alpha value is -1.56. The van der Waals surface area contributed by atoms with Gasteiger partial charge in [-0.1, -0.05) is 33.9 Å². The van der Waals surface area contributed by atoms with E-state index in [9.17, 15) is 9.18 Å². The molecule has 1 aliphatic carbocycles. The Kier molecular flexibility index (Phi) is 4.14. The lowest BCUT2D eigenvalue weighted by Gasteiger charge is -2.04. The van der Waals surface area contributed by atoms with Crippen LogP contribution in [0, 0.1) is 11.7 Å². The molecule has 1 heterocycles. The lowest BCUT2D eigenvalue weighted by Crippen LogP contribution is -2.13. The van der Waals surface area contributed by atoms with E-state index in [0.717, 1.165) is 25.7 Å². The van der Waals surface area contributed by atoms with Gasteiger partial charge in [-0.2, -0.15) is 4.98 Å². The molecule has 1 fully saturated rings. The van der Waals surface area contributed by atoms with E-state index >= 15 is 0 Å². The van der Waals surface area contributed by atoms with Gasteiger partial charge >= 0.3 is 0 Å². The second-order valence-electron chi connectivity index (χ2n) is 5.26. The van der Waals surface area contributed by atoms with Gasteiger partial charge in [-0.05, 0) is 31.0 Å². The average Bonchev–Trinajstić information content (AvgIpc) is 3.12. The number of nitrogens with zero attached hydrogens (tertiary/aromatic N) is 2. The van der Waals surface area contributed by atoms with Gasteiger partial charge in [0.25, 0.3) is 0 Å². The van der Waals surface area contributed by atoms with Crippen molar-refractivity contribution in [3.05, 3.63) is 34.4 Å². The quantitative estimate of drug-likeness (QED) is 0.836. The van der Waals surface area contributed by atoms with Crippen molar-refractivity contribution in [2.24, 2.45) is 5.92 Å². The minimum atomic E-state index is -0.374. The molecular weight excluding hydrogens is 339 g/mol. The van der Waals surface area contributed by atoms with Crippen LogP contribution in [0.15, 0.2) is 27.2 Å². The molecule has 0 unspecified atom stereocenters. The van der Waals surface area contributed by atoms with E-state index in [1.807, 2.05) is 0 Å². The summed E-state index contributed by atoms with van der Waals surface area (Å²) in [5.74, 6) is 0.484. The van der Waals surface area contributed by atoms with Crippen molar-refractivity contribution in [2.75, 3.05) is 0 Å². The van der Waals surface area contributed by atoms with Crippen molar-refractivity contribution >= 4 is 21.7 Å². The summed E-state index contributed by atoms with van der Waals surface area (Å²) in [6.45, 7) is 0. The van der Waals surface area contributed by atoms with Crippen molar-refractivity contribution in [2.45, 2.75) is 32.1 Å². The zero-order chi connectivity index (χ0) is 14.8. The molecule has 4 nitrogen and oxygen atoms in total. The molecule has 0 N–H and O–H groups in total. The standard InChI is InChI=1S/C15H14BrFN2O2/c16-12-6-5-10(17)7-11(12)15-18-14(21-19-15)8-13(20)9-3-1-2-4-9/h5-7,9H,1-4,8H2. The monoisotopic (exact) mass is 352 g/mol.